The van der Waals surface area contributed by atoms with Crippen LogP contribution >= 0.6 is 0 Å². The third-order valence-electron chi connectivity index (χ3n) is 1.38. The van der Waals surface area contributed by atoms with E-state index in [4.69, 9.17) is 9.15 Å². The van der Waals surface area contributed by atoms with Crippen molar-refractivity contribution in [3.8, 4) is 0 Å². The van der Waals surface area contributed by atoms with Crippen molar-refractivity contribution < 1.29 is 13.6 Å². The average molecular weight is 172 g/mol. The minimum Gasteiger partial charge on any atom is -0.396 e. The fourth-order valence-electron chi connectivity index (χ4n) is 0.749. The first-order valence-electron chi connectivity index (χ1n) is 3.80. The zero-order valence-electron chi connectivity index (χ0n) is 7.42. The van der Waals surface area contributed by atoms with Gasteiger partial charge >= 0.3 is 5.82 Å². The van der Waals surface area contributed by atoms with Crippen LogP contribution in [-0.2, 0) is 11.3 Å². The van der Waals surface area contributed by atoms with Crippen LogP contribution in [0, 0.1) is 6.92 Å². The van der Waals surface area contributed by atoms with E-state index in [1.165, 1.54) is 0 Å². The van der Waals surface area contributed by atoms with Gasteiger partial charge in [0.2, 0.25) is 0 Å². The van der Waals surface area contributed by atoms with Crippen molar-refractivity contribution in [2.75, 3.05) is 0 Å². The third-order valence-corrected chi connectivity index (χ3v) is 1.38. The van der Waals surface area contributed by atoms with Gasteiger partial charge in [-0.05, 0) is 20.8 Å². The van der Waals surface area contributed by atoms with E-state index in [1.54, 1.807) is 6.92 Å². The SMILES string of the molecule is Cc1oc(=O)oc1COC(C)C. The molecule has 1 aromatic rings. The molecule has 0 N–H and O–H groups in total. The molecule has 0 aromatic carbocycles. The molecule has 12 heavy (non-hydrogen) atoms. The predicted octanol–water partition coefficient (Wildman–Crippen LogP) is 1.47. The van der Waals surface area contributed by atoms with Gasteiger partial charge in [-0.3, -0.25) is 0 Å². The van der Waals surface area contributed by atoms with Crippen LogP contribution in [0.25, 0.3) is 0 Å². The number of aryl methyl sites for hydroxylation is 1. The van der Waals surface area contributed by atoms with Crippen LogP contribution in [0.2, 0.25) is 0 Å². The number of rotatable bonds is 3. The fourth-order valence-corrected chi connectivity index (χ4v) is 0.749. The van der Waals surface area contributed by atoms with Crippen LogP contribution in [0.4, 0.5) is 0 Å². The smallest absolute Gasteiger partial charge is 0.396 e. The minimum atomic E-state index is -0.671. The maximum Gasteiger partial charge on any atom is 0.519 e. The van der Waals surface area contributed by atoms with Crippen molar-refractivity contribution in [1.29, 1.82) is 0 Å². The second-order valence-electron chi connectivity index (χ2n) is 2.79. The molecule has 0 aliphatic rings. The number of ether oxygens (including phenoxy) is 1. The second-order valence-corrected chi connectivity index (χ2v) is 2.79. The van der Waals surface area contributed by atoms with Crippen LogP contribution < -0.4 is 5.82 Å². The van der Waals surface area contributed by atoms with E-state index in [9.17, 15) is 4.79 Å². The molecule has 0 fully saturated rings. The average Bonchev–Trinajstić information content (AvgIpc) is 2.26. The van der Waals surface area contributed by atoms with Gasteiger partial charge in [0.1, 0.15) is 12.4 Å². The zero-order valence-corrected chi connectivity index (χ0v) is 7.42. The van der Waals surface area contributed by atoms with Crippen molar-refractivity contribution in [3.63, 3.8) is 0 Å². The molecule has 0 radical (unpaired) electrons. The molecule has 0 saturated heterocycles. The van der Waals surface area contributed by atoms with E-state index >= 15 is 0 Å². The summed E-state index contributed by atoms with van der Waals surface area (Å²) >= 11 is 0. The van der Waals surface area contributed by atoms with Gasteiger partial charge in [-0.1, -0.05) is 0 Å². The summed E-state index contributed by atoms with van der Waals surface area (Å²) in [5, 5.41) is 0. The predicted molar refractivity (Wildman–Crippen MR) is 41.9 cm³/mol. The fraction of sp³-hybridized carbons (Fsp3) is 0.625. The van der Waals surface area contributed by atoms with Crippen molar-refractivity contribution in [2.45, 2.75) is 33.5 Å². The summed E-state index contributed by atoms with van der Waals surface area (Å²) in [6.45, 7) is 5.78. The molecule has 0 aliphatic heterocycles. The summed E-state index contributed by atoms with van der Waals surface area (Å²) in [6, 6.07) is 0. The summed E-state index contributed by atoms with van der Waals surface area (Å²) in [7, 11) is 0. The summed E-state index contributed by atoms with van der Waals surface area (Å²) in [6.07, 6.45) is 0.115. The van der Waals surface area contributed by atoms with E-state index in [0.29, 0.717) is 11.5 Å². The zero-order chi connectivity index (χ0) is 9.14. The lowest BCUT2D eigenvalue weighted by atomic mass is 10.4. The standard InChI is InChI=1S/C8H12O4/c1-5(2)10-4-7-6(3)11-8(9)12-7/h5H,4H2,1-3H3. The van der Waals surface area contributed by atoms with Crippen molar-refractivity contribution in [1.82, 2.24) is 0 Å². The highest BCUT2D eigenvalue weighted by Crippen LogP contribution is 2.07. The highest BCUT2D eigenvalue weighted by molar-refractivity contribution is 4.98. The highest BCUT2D eigenvalue weighted by atomic mass is 16.6. The van der Waals surface area contributed by atoms with Crippen molar-refractivity contribution in [3.05, 3.63) is 22.1 Å². The Bertz CT molecular complexity index is 294. The molecule has 0 atom stereocenters. The first-order chi connectivity index (χ1) is 5.59. The minimum absolute atomic E-state index is 0.115. The monoisotopic (exact) mass is 172 g/mol. The molecule has 1 aromatic heterocycles. The maximum absolute atomic E-state index is 10.6. The van der Waals surface area contributed by atoms with Crippen LogP contribution in [-0.4, -0.2) is 6.10 Å². The Kier molecular flexibility index (Phi) is 2.70. The molecule has 4 heteroatoms. The number of hydrogen-bond acceptors (Lipinski definition) is 4. The van der Waals surface area contributed by atoms with Crippen molar-refractivity contribution >= 4 is 0 Å². The Balaban J connectivity index is 2.63. The van der Waals surface area contributed by atoms with Gasteiger partial charge in [0, 0.05) is 0 Å². The van der Waals surface area contributed by atoms with Gasteiger partial charge in [0.15, 0.2) is 5.76 Å². The van der Waals surface area contributed by atoms with Gasteiger partial charge < -0.3 is 13.6 Å². The molecule has 0 saturated carbocycles. The van der Waals surface area contributed by atoms with Gasteiger partial charge in [-0.25, -0.2) is 4.79 Å². The van der Waals surface area contributed by atoms with Gasteiger partial charge in [0.05, 0.1) is 6.10 Å². The van der Waals surface area contributed by atoms with Crippen LogP contribution in [0.5, 0.6) is 0 Å². The summed E-state index contributed by atoms with van der Waals surface area (Å²) in [5.74, 6) is 0.282. The molecular weight excluding hydrogens is 160 g/mol. The number of hydrogen-bond donors (Lipinski definition) is 0. The first-order valence-corrected chi connectivity index (χ1v) is 3.80. The topological polar surface area (TPSA) is 52.6 Å². The first kappa shape index (κ1) is 9.06. The summed E-state index contributed by atoms with van der Waals surface area (Å²) in [5.41, 5.74) is 0. The van der Waals surface area contributed by atoms with Gasteiger partial charge in [0.25, 0.3) is 0 Å². The Morgan fingerprint density at radius 2 is 2.08 bits per heavy atom. The molecule has 0 unspecified atom stereocenters. The lowest BCUT2D eigenvalue weighted by molar-refractivity contribution is 0.0535. The van der Waals surface area contributed by atoms with E-state index in [1.807, 2.05) is 13.8 Å². The largest absolute Gasteiger partial charge is 0.519 e. The highest BCUT2D eigenvalue weighted by Gasteiger charge is 2.08. The summed E-state index contributed by atoms with van der Waals surface area (Å²) in [4.78, 5) is 10.6. The Morgan fingerprint density at radius 1 is 1.42 bits per heavy atom. The van der Waals surface area contributed by atoms with E-state index in [2.05, 4.69) is 4.42 Å². The van der Waals surface area contributed by atoms with Crippen LogP contribution in [0.1, 0.15) is 25.4 Å². The van der Waals surface area contributed by atoms with Gasteiger partial charge in [-0.15, -0.1) is 0 Å². The molecular formula is C8H12O4. The Labute approximate surface area is 70.1 Å². The molecule has 1 heterocycles. The Hall–Kier alpha value is -1.03. The van der Waals surface area contributed by atoms with Gasteiger partial charge in [-0.2, -0.15) is 0 Å². The third kappa shape index (κ3) is 2.23. The second kappa shape index (κ2) is 3.58. The Morgan fingerprint density at radius 3 is 2.50 bits per heavy atom. The summed E-state index contributed by atoms with van der Waals surface area (Å²) < 4.78 is 14.6. The molecule has 0 amide bonds. The van der Waals surface area contributed by atoms with E-state index < -0.39 is 5.82 Å². The van der Waals surface area contributed by atoms with Crippen molar-refractivity contribution in [2.24, 2.45) is 0 Å². The maximum atomic E-state index is 10.6. The van der Waals surface area contributed by atoms with Crippen LogP contribution in [0.15, 0.2) is 13.6 Å². The molecule has 68 valence electrons. The molecule has 0 aliphatic carbocycles. The lowest BCUT2D eigenvalue weighted by Crippen LogP contribution is -2.02. The molecule has 0 spiro atoms. The molecule has 0 bridgehead atoms. The quantitative estimate of drug-likeness (QED) is 0.692. The van der Waals surface area contributed by atoms with E-state index in [-0.39, 0.29) is 12.7 Å². The molecule has 1 rings (SSSR count). The van der Waals surface area contributed by atoms with Crippen LogP contribution in [0.3, 0.4) is 0 Å². The lowest BCUT2D eigenvalue weighted by Gasteiger charge is -2.03. The molecule has 4 nitrogen and oxygen atoms in total. The normalized spacial score (nSPS) is 11.0. The van der Waals surface area contributed by atoms with E-state index in [0.717, 1.165) is 0 Å².